The minimum Gasteiger partial charge on any atom is -0.496 e. The second-order valence-corrected chi connectivity index (χ2v) is 6.41. The van der Waals surface area contributed by atoms with Crippen molar-refractivity contribution in [3.63, 3.8) is 0 Å². The Kier molecular flexibility index (Phi) is 6.73. The van der Waals surface area contributed by atoms with Crippen LogP contribution in [-0.2, 0) is 20.9 Å². The van der Waals surface area contributed by atoms with E-state index in [9.17, 15) is 9.59 Å². The average molecular weight is 397 g/mol. The Morgan fingerprint density at radius 1 is 1.10 bits per heavy atom. The molecule has 1 heterocycles. The number of benzene rings is 2. The summed E-state index contributed by atoms with van der Waals surface area (Å²) in [6.45, 7) is 1.06. The van der Waals surface area contributed by atoms with E-state index < -0.39 is 5.97 Å². The molecule has 29 heavy (non-hydrogen) atoms. The normalized spacial score (nSPS) is 12.5. The number of amides is 1. The van der Waals surface area contributed by atoms with Crippen LogP contribution in [0.4, 0.5) is 0 Å². The Labute approximate surface area is 169 Å². The minimum absolute atomic E-state index is 0.307. The Morgan fingerprint density at radius 2 is 1.86 bits per heavy atom. The topological polar surface area (TPSA) is 74.3 Å². The molecule has 1 amide bonds. The highest BCUT2D eigenvalue weighted by Gasteiger charge is 2.15. The molecule has 3 rings (SSSR count). The van der Waals surface area contributed by atoms with Crippen molar-refractivity contribution in [2.45, 2.75) is 6.54 Å². The summed E-state index contributed by atoms with van der Waals surface area (Å²) in [6, 6.07) is 12.8. The van der Waals surface area contributed by atoms with Gasteiger partial charge < -0.3 is 23.8 Å². The molecule has 7 nitrogen and oxygen atoms in total. The maximum Gasteiger partial charge on any atom is 0.331 e. The molecular weight excluding hydrogens is 374 g/mol. The van der Waals surface area contributed by atoms with Crippen LogP contribution in [0.25, 0.3) is 6.08 Å². The quantitative estimate of drug-likeness (QED) is 0.528. The molecule has 0 atom stereocenters. The van der Waals surface area contributed by atoms with E-state index in [1.54, 1.807) is 26.3 Å². The first-order valence-electron chi connectivity index (χ1n) is 9.17. The summed E-state index contributed by atoms with van der Waals surface area (Å²) in [5.41, 5.74) is 1.64. The van der Waals surface area contributed by atoms with E-state index in [1.807, 2.05) is 36.4 Å². The molecule has 1 aliphatic rings. The van der Waals surface area contributed by atoms with E-state index >= 15 is 0 Å². The monoisotopic (exact) mass is 397 g/mol. The Bertz CT molecular complexity index is 908. The van der Waals surface area contributed by atoms with Gasteiger partial charge in [-0.2, -0.15) is 0 Å². The van der Waals surface area contributed by atoms with Gasteiger partial charge in [0, 0.05) is 25.2 Å². The summed E-state index contributed by atoms with van der Waals surface area (Å²) >= 11 is 0. The van der Waals surface area contributed by atoms with Crippen LogP contribution in [0, 0.1) is 0 Å². The molecule has 0 radical (unpaired) electrons. The zero-order valence-electron chi connectivity index (χ0n) is 16.4. The molecule has 1 aliphatic heterocycles. The fourth-order valence-electron chi connectivity index (χ4n) is 2.80. The number of methoxy groups -OCH3 is 1. The van der Waals surface area contributed by atoms with Crippen LogP contribution in [0.15, 0.2) is 48.5 Å². The number of esters is 1. The van der Waals surface area contributed by atoms with Crippen molar-refractivity contribution in [3.8, 4) is 17.2 Å². The van der Waals surface area contributed by atoms with Crippen LogP contribution in [0.5, 0.6) is 17.2 Å². The molecule has 0 aromatic heterocycles. The van der Waals surface area contributed by atoms with E-state index in [4.69, 9.17) is 18.9 Å². The first kappa shape index (κ1) is 20.3. The standard InChI is InChI=1S/C22H23NO6/c1-23(14-16-7-9-19-20(13-16)28-12-11-27-19)21(24)15-29-22(25)10-8-17-5-3-4-6-18(17)26-2/h3-10,13H,11-12,14-15H2,1-2H3/b10-8+. The average Bonchev–Trinajstić information content (AvgIpc) is 2.76. The number of likely N-dealkylation sites (N-methyl/N-ethyl adjacent to an activating group) is 1. The predicted octanol–water partition coefficient (Wildman–Crippen LogP) is 2.68. The third-order valence-electron chi connectivity index (χ3n) is 4.33. The molecule has 0 aliphatic carbocycles. The van der Waals surface area contributed by atoms with E-state index in [0.717, 1.165) is 11.1 Å². The zero-order chi connectivity index (χ0) is 20.6. The van der Waals surface area contributed by atoms with Gasteiger partial charge in [0.2, 0.25) is 0 Å². The van der Waals surface area contributed by atoms with Gasteiger partial charge in [0.15, 0.2) is 18.1 Å². The lowest BCUT2D eigenvalue weighted by Gasteiger charge is -2.21. The van der Waals surface area contributed by atoms with Crippen molar-refractivity contribution < 1.29 is 28.5 Å². The van der Waals surface area contributed by atoms with Gasteiger partial charge in [-0.15, -0.1) is 0 Å². The number of para-hydroxylation sites is 1. The van der Waals surface area contributed by atoms with Crippen LogP contribution < -0.4 is 14.2 Å². The Morgan fingerprint density at radius 3 is 2.66 bits per heavy atom. The number of hydrogen-bond donors (Lipinski definition) is 0. The summed E-state index contributed by atoms with van der Waals surface area (Å²) in [4.78, 5) is 25.7. The summed E-state index contributed by atoms with van der Waals surface area (Å²) in [7, 11) is 3.21. The van der Waals surface area contributed by atoms with Crippen LogP contribution in [0.1, 0.15) is 11.1 Å². The highest BCUT2D eigenvalue weighted by atomic mass is 16.6. The first-order valence-corrected chi connectivity index (χ1v) is 9.17. The molecule has 0 unspecified atom stereocenters. The van der Waals surface area contributed by atoms with Gasteiger partial charge in [0.05, 0.1) is 7.11 Å². The van der Waals surface area contributed by atoms with Crippen molar-refractivity contribution in [2.24, 2.45) is 0 Å². The molecule has 7 heteroatoms. The Balaban J connectivity index is 1.49. The van der Waals surface area contributed by atoms with Crippen molar-refractivity contribution in [1.29, 1.82) is 0 Å². The fourth-order valence-corrected chi connectivity index (χ4v) is 2.80. The van der Waals surface area contributed by atoms with Gasteiger partial charge in [0.25, 0.3) is 5.91 Å². The summed E-state index contributed by atoms with van der Waals surface area (Å²) in [5, 5.41) is 0. The lowest BCUT2D eigenvalue weighted by molar-refractivity contribution is -0.147. The number of ether oxygens (including phenoxy) is 4. The third kappa shape index (κ3) is 5.51. The van der Waals surface area contributed by atoms with Crippen LogP contribution in [-0.4, -0.2) is 50.8 Å². The lowest BCUT2D eigenvalue weighted by atomic mass is 10.2. The van der Waals surface area contributed by atoms with Gasteiger partial charge in [-0.3, -0.25) is 4.79 Å². The van der Waals surface area contributed by atoms with E-state index in [1.165, 1.54) is 11.0 Å². The summed E-state index contributed by atoms with van der Waals surface area (Å²) in [6.07, 6.45) is 2.86. The fraction of sp³-hybridized carbons (Fsp3) is 0.273. The highest BCUT2D eigenvalue weighted by molar-refractivity contribution is 5.89. The molecule has 0 N–H and O–H groups in total. The first-order chi connectivity index (χ1) is 14.1. The largest absolute Gasteiger partial charge is 0.496 e. The second kappa shape index (κ2) is 9.64. The van der Waals surface area contributed by atoms with Gasteiger partial charge in [-0.1, -0.05) is 24.3 Å². The minimum atomic E-state index is -0.600. The molecule has 0 spiro atoms. The predicted molar refractivity (Wildman–Crippen MR) is 107 cm³/mol. The molecule has 0 fully saturated rings. The zero-order valence-corrected chi connectivity index (χ0v) is 16.4. The maximum absolute atomic E-state index is 12.3. The third-order valence-corrected chi connectivity index (χ3v) is 4.33. The number of carbonyl (C=O) groups excluding carboxylic acids is 2. The van der Waals surface area contributed by atoms with E-state index in [-0.39, 0.29) is 12.5 Å². The van der Waals surface area contributed by atoms with Crippen molar-refractivity contribution in [2.75, 3.05) is 34.0 Å². The second-order valence-electron chi connectivity index (χ2n) is 6.41. The maximum atomic E-state index is 12.3. The molecule has 2 aromatic carbocycles. The molecular formula is C22H23NO6. The molecule has 0 bridgehead atoms. The van der Waals surface area contributed by atoms with Crippen molar-refractivity contribution in [3.05, 3.63) is 59.7 Å². The summed E-state index contributed by atoms with van der Waals surface area (Å²) < 4.78 is 21.3. The van der Waals surface area contributed by atoms with Crippen LogP contribution >= 0.6 is 0 Å². The van der Waals surface area contributed by atoms with Gasteiger partial charge in [0.1, 0.15) is 19.0 Å². The molecule has 152 valence electrons. The SMILES string of the molecule is COc1ccccc1/C=C/C(=O)OCC(=O)N(C)Cc1ccc2c(c1)OCCO2. The number of rotatable bonds is 7. The summed E-state index contributed by atoms with van der Waals surface area (Å²) in [5.74, 6) is 1.11. The van der Waals surface area contributed by atoms with E-state index in [0.29, 0.717) is 37.0 Å². The van der Waals surface area contributed by atoms with Gasteiger partial charge in [-0.25, -0.2) is 4.79 Å². The Hall–Kier alpha value is -3.48. The highest BCUT2D eigenvalue weighted by Crippen LogP contribution is 2.31. The number of fused-ring (bicyclic) bond motifs is 1. The number of carbonyl (C=O) groups is 2. The van der Waals surface area contributed by atoms with Gasteiger partial charge in [-0.05, 0) is 29.8 Å². The van der Waals surface area contributed by atoms with E-state index in [2.05, 4.69) is 0 Å². The molecule has 0 saturated carbocycles. The molecule has 0 saturated heterocycles. The number of hydrogen-bond acceptors (Lipinski definition) is 6. The smallest absolute Gasteiger partial charge is 0.331 e. The van der Waals surface area contributed by atoms with Crippen molar-refractivity contribution in [1.82, 2.24) is 4.90 Å². The van der Waals surface area contributed by atoms with Crippen LogP contribution in [0.2, 0.25) is 0 Å². The van der Waals surface area contributed by atoms with Crippen LogP contribution in [0.3, 0.4) is 0 Å². The lowest BCUT2D eigenvalue weighted by Crippen LogP contribution is -2.30. The van der Waals surface area contributed by atoms with Crippen molar-refractivity contribution >= 4 is 18.0 Å². The van der Waals surface area contributed by atoms with Gasteiger partial charge >= 0.3 is 5.97 Å². The molecule has 2 aromatic rings. The number of nitrogens with zero attached hydrogens (tertiary/aromatic N) is 1.